The molecule has 0 aliphatic carbocycles. The van der Waals surface area contributed by atoms with Crippen molar-refractivity contribution in [3.05, 3.63) is 47.5 Å². The number of carboxylic acid groups (broad SMARTS) is 1. The third kappa shape index (κ3) is 7.35. The molecule has 0 bridgehead atoms. The minimum atomic E-state index is -0.833. The predicted octanol–water partition coefficient (Wildman–Crippen LogP) is 2.19. The van der Waals surface area contributed by atoms with Crippen LogP contribution in [-0.2, 0) is 20.8 Å². The zero-order valence-corrected chi connectivity index (χ0v) is 19.1. The Bertz CT molecular complexity index is 946. The van der Waals surface area contributed by atoms with Gasteiger partial charge in [0.2, 0.25) is 0 Å². The number of carboxylic acids is 1. The smallest absolute Gasteiger partial charge is 0.300 e. The van der Waals surface area contributed by atoms with Gasteiger partial charge in [0.25, 0.3) is 11.9 Å². The molecule has 33 heavy (non-hydrogen) atoms. The van der Waals surface area contributed by atoms with Gasteiger partial charge in [-0.1, -0.05) is 6.07 Å². The first-order valence-corrected chi connectivity index (χ1v) is 10.2. The van der Waals surface area contributed by atoms with Crippen molar-refractivity contribution >= 4 is 11.9 Å². The van der Waals surface area contributed by atoms with E-state index in [0.717, 1.165) is 12.5 Å². The van der Waals surface area contributed by atoms with E-state index < -0.39 is 5.97 Å². The second-order valence-corrected chi connectivity index (χ2v) is 7.07. The summed E-state index contributed by atoms with van der Waals surface area (Å²) in [4.78, 5) is 21.6. The Labute approximate surface area is 192 Å². The highest BCUT2D eigenvalue weighted by atomic mass is 16.5. The van der Waals surface area contributed by atoms with E-state index in [0.29, 0.717) is 48.3 Å². The lowest BCUT2D eigenvalue weighted by molar-refractivity contribution is -0.134. The van der Waals surface area contributed by atoms with Crippen LogP contribution in [0.1, 0.15) is 22.8 Å². The van der Waals surface area contributed by atoms with Gasteiger partial charge in [0, 0.05) is 26.1 Å². The minimum Gasteiger partial charge on any atom is -0.493 e. The molecular weight excluding hydrogens is 432 g/mol. The highest BCUT2D eigenvalue weighted by Crippen LogP contribution is 2.37. The fraction of sp³-hybridized carbons (Fsp3) is 0.391. The lowest BCUT2D eigenvalue weighted by Gasteiger charge is -2.18. The number of hydrogen-bond donors (Lipinski definition) is 3. The molecule has 3 rings (SSSR count). The summed E-state index contributed by atoms with van der Waals surface area (Å²) in [7, 11) is 4.68. The summed E-state index contributed by atoms with van der Waals surface area (Å²) in [6, 6.07) is 10.3. The number of benzene rings is 2. The SMILES string of the molecule is CC(=O)O.COc1cc(CN)ccc1Oc1ccc(C(=O)N[C@H]2COC[C@H]2OC)cc1OC. The van der Waals surface area contributed by atoms with Gasteiger partial charge in [-0.25, -0.2) is 0 Å². The first-order chi connectivity index (χ1) is 15.8. The number of methoxy groups -OCH3 is 3. The van der Waals surface area contributed by atoms with Crippen molar-refractivity contribution < 1.29 is 38.4 Å². The summed E-state index contributed by atoms with van der Waals surface area (Å²) in [5.74, 6) is 0.891. The molecule has 10 nitrogen and oxygen atoms in total. The van der Waals surface area contributed by atoms with Crippen LogP contribution in [0.2, 0.25) is 0 Å². The first-order valence-electron chi connectivity index (χ1n) is 10.2. The molecule has 0 aromatic heterocycles. The fourth-order valence-electron chi connectivity index (χ4n) is 3.09. The van der Waals surface area contributed by atoms with Crippen LogP contribution in [0.5, 0.6) is 23.0 Å². The average molecular weight is 462 g/mol. The van der Waals surface area contributed by atoms with Gasteiger partial charge in [-0.05, 0) is 35.9 Å². The molecule has 1 fully saturated rings. The minimum absolute atomic E-state index is 0.160. The van der Waals surface area contributed by atoms with Crippen molar-refractivity contribution in [3.63, 3.8) is 0 Å². The van der Waals surface area contributed by atoms with E-state index in [1.807, 2.05) is 12.1 Å². The molecular formula is C23H30N2O8. The molecule has 0 radical (unpaired) electrons. The molecule has 1 amide bonds. The molecule has 1 saturated heterocycles. The van der Waals surface area contributed by atoms with E-state index in [1.54, 1.807) is 38.5 Å². The van der Waals surface area contributed by atoms with Gasteiger partial charge in [-0.3, -0.25) is 9.59 Å². The van der Waals surface area contributed by atoms with E-state index in [4.69, 9.17) is 39.3 Å². The topological polar surface area (TPSA) is 139 Å². The van der Waals surface area contributed by atoms with Gasteiger partial charge >= 0.3 is 0 Å². The largest absolute Gasteiger partial charge is 0.493 e. The van der Waals surface area contributed by atoms with E-state index in [9.17, 15) is 4.79 Å². The summed E-state index contributed by atoms with van der Waals surface area (Å²) in [5, 5.41) is 10.3. The second kappa shape index (κ2) is 12.6. The number of nitrogens with two attached hydrogens (primary N) is 1. The predicted molar refractivity (Wildman–Crippen MR) is 120 cm³/mol. The quantitative estimate of drug-likeness (QED) is 0.539. The van der Waals surface area contributed by atoms with Crippen LogP contribution in [0, 0.1) is 0 Å². The maximum Gasteiger partial charge on any atom is 0.300 e. The average Bonchev–Trinajstić information content (AvgIpc) is 3.26. The van der Waals surface area contributed by atoms with Crippen LogP contribution in [0.3, 0.4) is 0 Å². The Kier molecular flexibility index (Phi) is 9.92. The van der Waals surface area contributed by atoms with Crippen molar-refractivity contribution in [3.8, 4) is 23.0 Å². The number of amides is 1. The maximum absolute atomic E-state index is 12.6. The van der Waals surface area contributed by atoms with Gasteiger partial charge in [-0.15, -0.1) is 0 Å². The van der Waals surface area contributed by atoms with Gasteiger partial charge in [0.15, 0.2) is 23.0 Å². The van der Waals surface area contributed by atoms with Crippen LogP contribution in [-0.4, -0.2) is 63.7 Å². The van der Waals surface area contributed by atoms with E-state index in [-0.39, 0.29) is 18.1 Å². The summed E-state index contributed by atoms with van der Waals surface area (Å²) in [5.41, 5.74) is 7.05. The van der Waals surface area contributed by atoms with E-state index in [2.05, 4.69) is 5.32 Å². The number of ether oxygens (including phenoxy) is 5. The highest BCUT2D eigenvalue weighted by molar-refractivity contribution is 5.95. The van der Waals surface area contributed by atoms with Crippen molar-refractivity contribution in [1.29, 1.82) is 0 Å². The van der Waals surface area contributed by atoms with Gasteiger partial charge in [0.05, 0.1) is 33.5 Å². The molecule has 4 N–H and O–H groups in total. The summed E-state index contributed by atoms with van der Waals surface area (Å²) >= 11 is 0. The lowest BCUT2D eigenvalue weighted by atomic mass is 10.1. The van der Waals surface area contributed by atoms with Crippen LogP contribution in [0.25, 0.3) is 0 Å². The van der Waals surface area contributed by atoms with Crippen molar-refractivity contribution in [2.24, 2.45) is 5.73 Å². The highest BCUT2D eigenvalue weighted by Gasteiger charge is 2.30. The van der Waals surface area contributed by atoms with Crippen molar-refractivity contribution in [1.82, 2.24) is 5.32 Å². The third-order valence-electron chi connectivity index (χ3n) is 4.76. The zero-order chi connectivity index (χ0) is 24.4. The van der Waals surface area contributed by atoms with Gasteiger partial charge < -0.3 is 39.8 Å². The Hall–Kier alpha value is -3.34. The zero-order valence-electron chi connectivity index (χ0n) is 19.1. The Morgan fingerprint density at radius 2 is 1.64 bits per heavy atom. The summed E-state index contributed by atoms with van der Waals surface area (Å²) < 4.78 is 27.5. The van der Waals surface area contributed by atoms with E-state index in [1.165, 1.54) is 7.11 Å². The Morgan fingerprint density at radius 1 is 1.03 bits per heavy atom. The van der Waals surface area contributed by atoms with Gasteiger partial charge in [0.1, 0.15) is 6.10 Å². The van der Waals surface area contributed by atoms with Crippen molar-refractivity contribution in [2.75, 3.05) is 34.5 Å². The van der Waals surface area contributed by atoms with Crippen LogP contribution >= 0.6 is 0 Å². The molecule has 2 atom stereocenters. The van der Waals surface area contributed by atoms with Crippen LogP contribution < -0.4 is 25.3 Å². The standard InChI is InChI=1S/C21H26N2O6.C2H4O2/c1-25-18-8-13(10-22)4-6-16(18)29-17-7-5-14(9-19(17)26-2)21(24)23-15-11-28-12-20(15)27-3;1-2(3)4/h4-9,15,20H,10-12,22H2,1-3H3,(H,23,24);1H3,(H,3,4)/t15-,20+;/m0./s1. The number of hydrogen-bond acceptors (Lipinski definition) is 8. The molecule has 0 saturated carbocycles. The van der Waals surface area contributed by atoms with Crippen molar-refractivity contribution in [2.45, 2.75) is 25.6 Å². The molecule has 0 unspecified atom stereocenters. The molecule has 180 valence electrons. The summed E-state index contributed by atoms with van der Waals surface area (Å²) in [6.07, 6.45) is -0.160. The van der Waals surface area contributed by atoms with Crippen LogP contribution in [0.15, 0.2) is 36.4 Å². The van der Waals surface area contributed by atoms with Crippen LogP contribution in [0.4, 0.5) is 0 Å². The molecule has 0 spiro atoms. The first kappa shape index (κ1) is 25.9. The number of carbonyl (C=O) groups is 2. The molecule has 2 aromatic carbocycles. The van der Waals surface area contributed by atoms with Gasteiger partial charge in [-0.2, -0.15) is 0 Å². The summed E-state index contributed by atoms with van der Waals surface area (Å²) in [6.45, 7) is 2.36. The number of carbonyl (C=O) groups excluding carboxylic acids is 1. The number of rotatable bonds is 8. The lowest BCUT2D eigenvalue weighted by Crippen LogP contribution is -2.43. The Morgan fingerprint density at radius 3 is 2.21 bits per heavy atom. The third-order valence-corrected chi connectivity index (χ3v) is 4.76. The molecule has 1 aliphatic heterocycles. The number of aliphatic carboxylic acids is 1. The van der Waals surface area contributed by atoms with E-state index >= 15 is 0 Å². The monoisotopic (exact) mass is 462 g/mol. The maximum atomic E-state index is 12.6. The Balaban J connectivity index is 0.000000890. The molecule has 10 heteroatoms. The second-order valence-electron chi connectivity index (χ2n) is 7.07. The molecule has 1 aliphatic rings. The molecule has 1 heterocycles. The number of nitrogens with one attached hydrogen (secondary N) is 1. The fourth-order valence-corrected chi connectivity index (χ4v) is 3.09. The molecule has 2 aromatic rings. The normalized spacial score (nSPS) is 16.9.